The molecule has 196 valence electrons. The molecule has 0 bridgehead atoms. The Morgan fingerprint density at radius 2 is 1.76 bits per heavy atom. The van der Waals surface area contributed by atoms with Gasteiger partial charge in [-0.05, 0) is 85.6 Å². The molecule has 4 aromatic rings. The zero-order chi connectivity index (χ0) is 27.0. The predicted molar refractivity (Wildman–Crippen MR) is 149 cm³/mol. The molecule has 1 aliphatic rings. The van der Waals surface area contributed by atoms with Crippen molar-refractivity contribution in [2.24, 2.45) is 0 Å². The number of phenolic OH excluding ortho intramolecular Hbond substituents is 1. The molecule has 0 spiro atoms. The molecule has 0 aliphatic carbocycles. The molecule has 5 rings (SSSR count). The third kappa shape index (κ3) is 5.07. The number of benzene rings is 3. The SMILES string of the molecule is [CH2][CH]c1cnc2ccc(-c3cc(F)c(O)c(Cl)c3)cc2c1Nc1ccc(S(=O)(=O)N2CCN(C)CC2)cc1. The third-order valence-electron chi connectivity index (χ3n) is 6.69. The van der Waals surface area contributed by atoms with Crippen molar-refractivity contribution in [1.29, 1.82) is 0 Å². The molecule has 3 aromatic carbocycles. The molecule has 0 atom stereocenters. The standard InChI is InChI=1S/C28H26ClFN4O3S/c1-3-18-17-31-26-9-4-19(20-15-24(29)28(35)25(30)16-20)14-23(26)27(18)32-21-5-7-22(8-6-21)38(36,37)34-12-10-33(2)11-13-34/h3-9,14-17,35H,1,10-13H2,2H3,(H,31,32). The molecule has 0 saturated carbocycles. The van der Waals surface area contributed by atoms with Gasteiger partial charge in [0.25, 0.3) is 0 Å². The average Bonchev–Trinajstić information content (AvgIpc) is 2.92. The summed E-state index contributed by atoms with van der Waals surface area (Å²) in [4.78, 5) is 6.85. The third-order valence-corrected chi connectivity index (χ3v) is 8.89. The summed E-state index contributed by atoms with van der Waals surface area (Å²) in [5, 5.41) is 13.7. The van der Waals surface area contributed by atoms with E-state index in [1.165, 1.54) is 16.4 Å². The van der Waals surface area contributed by atoms with Gasteiger partial charge in [0.15, 0.2) is 11.6 Å². The molecule has 2 heterocycles. The Morgan fingerprint density at radius 3 is 2.42 bits per heavy atom. The Balaban J connectivity index is 1.49. The van der Waals surface area contributed by atoms with Gasteiger partial charge in [0, 0.05) is 43.4 Å². The summed E-state index contributed by atoms with van der Waals surface area (Å²) in [5.41, 5.74) is 4.01. The number of phenols is 1. The lowest BCUT2D eigenvalue weighted by Crippen LogP contribution is -2.46. The number of hydrogen-bond acceptors (Lipinski definition) is 6. The number of hydrogen-bond donors (Lipinski definition) is 2. The first-order valence-corrected chi connectivity index (χ1v) is 13.8. The topological polar surface area (TPSA) is 85.8 Å². The molecule has 0 unspecified atom stereocenters. The van der Waals surface area contributed by atoms with Crippen LogP contribution in [0.2, 0.25) is 5.02 Å². The van der Waals surface area contributed by atoms with Crippen molar-refractivity contribution < 1.29 is 17.9 Å². The molecular formula is C28H26ClFN4O3S. The molecule has 7 nitrogen and oxygen atoms in total. The minimum atomic E-state index is -3.58. The second kappa shape index (κ2) is 10.5. The number of sulfonamides is 1. The van der Waals surface area contributed by atoms with Gasteiger partial charge < -0.3 is 15.3 Å². The molecule has 2 N–H and O–H groups in total. The molecule has 1 fully saturated rings. The second-order valence-corrected chi connectivity index (χ2v) is 11.5. The van der Waals surface area contributed by atoms with Crippen molar-refractivity contribution in [3.8, 4) is 16.9 Å². The number of halogens is 2. The molecule has 1 aromatic heterocycles. The van der Waals surface area contributed by atoms with Gasteiger partial charge in [0.05, 0.1) is 21.1 Å². The number of nitrogens with one attached hydrogen (secondary N) is 1. The van der Waals surface area contributed by atoms with Crippen molar-refractivity contribution in [3.05, 3.63) is 90.5 Å². The van der Waals surface area contributed by atoms with Crippen LogP contribution >= 0.6 is 11.6 Å². The maximum atomic E-state index is 14.2. The van der Waals surface area contributed by atoms with Gasteiger partial charge >= 0.3 is 0 Å². The second-order valence-electron chi connectivity index (χ2n) is 9.17. The molecule has 38 heavy (non-hydrogen) atoms. The first-order valence-electron chi connectivity index (χ1n) is 12.0. The number of rotatable bonds is 6. The van der Waals surface area contributed by atoms with Crippen molar-refractivity contribution in [3.63, 3.8) is 0 Å². The van der Waals surface area contributed by atoms with Gasteiger partial charge in [-0.15, -0.1) is 0 Å². The van der Waals surface area contributed by atoms with Crippen molar-refractivity contribution in [2.45, 2.75) is 4.90 Å². The van der Waals surface area contributed by atoms with E-state index in [1.54, 1.807) is 42.9 Å². The number of aromatic nitrogens is 1. The van der Waals surface area contributed by atoms with Crippen LogP contribution in [-0.2, 0) is 10.0 Å². The van der Waals surface area contributed by atoms with Crippen LogP contribution in [-0.4, -0.2) is 60.9 Å². The number of fused-ring (bicyclic) bond motifs is 1. The summed E-state index contributed by atoms with van der Waals surface area (Å²) < 4.78 is 41.9. The lowest BCUT2D eigenvalue weighted by Gasteiger charge is -2.31. The summed E-state index contributed by atoms with van der Waals surface area (Å²) in [6.07, 6.45) is 3.37. The lowest BCUT2D eigenvalue weighted by atomic mass is 10.00. The van der Waals surface area contributed by atoms with E-state index >= 15 is 0 Å². The quantitative estimate of drug-likeness (QED) is 0.330. The van der Waals surface area contributed by atoms with Crippen LogP contribution in [0.15, 0.2) is 65.7 Å². The maximum absolute atomic E-state index is 14.2. The minimum absolute atomic E-state index is 0.0805. The van der Waals surface area contributed by atoms with Gasteiger partial charge in [0.2, 0.25) is 10.0 Å². The van der Waals surface area contributed by atoms with E-state index in [2.05, 4.69) is 22.1 Å². The van der Waals surface area contributed by atoms with E-state index in [1.807, 2.05) is 19.2 Å². The van der Waals surface area contributed by atoms with Crippen molar-refractivity contribution in [2.75, 3.05) is 38.5 Å². The first-order chi connectivity index (χ1) is 18.2. The van der Waals surface area contributed by atoms with Crippen molar-refractivity contribution in [1.82, 2.24) is 14.2 Å². The summed E-state index contributed by atoms with van der Waals surface area (Å²) in [5.74, 6) is -1.40. The number of pyridine rings is 1. The van der Waals surface area contributed by atoms with E-state index in [0.717, 1.165) is 10.9 Å². The molecule has 1 aliphatic heterocycles. The van der Waals surface area contributed by atoms with E-state index in [0.29, 0.717) is 54.2 Å². The van der Waals surface area contributed by atoms with Gasteiger partial charge in [-0.1, -0.05) is 17.7 Å². The zero-order valence-corrected chi connectivity index (χ0v) is 22.2. The largest absolute Gasteiger partial charge is 0.504 e. The lowest BCUT2D eigenvalue weighted by molar-refractivity contribution is 0.222. The normalized spacial score (nSPS) is 15.2. The Hall–Kier alpha value is -3.24. The predicted octanol–water partition coefficient (Wildman–Crippen LogP) is 5.47. The van der Waals surface area contributed by atoms with Crippen LogP contribution < -0.4 is 5.32 Å². The van der Waals surface area contributed by atoms with E-state index < -0.39 is 21.6 Å². The van der Waals surface area contributed by atoms with Gasteiger partial charge in [0.1, 0.15) is 0 Å². The van der Waals surface area contributed by atoms with Crippen LogP contribution in [0.1, 0.15) is 5.56 Å². The number of piperazine rings is 1. The summed E-state index contributed by atoms with van der Waals surface area (Å²) >= 11 is 6.00. The Kier molecular flexibility index (Phi) is 7.28. The fourth-order valence-corrected chi connectivity index (χ4v) is 6.08. The molecule has 10 heteroatoms. The number of anilines is 2. The van der Waals surface area contributed by atoms with E-state index in [-0.39, 0.29) is 9.92 Å². The number of nitrogens with zero attached hydrogens (tertiary/aromatic N) is 3. The summed E-state index contributed by atoms with van der Waals surface area (Å²) in [6.45, 7) is 6.21. The highest BCUT2D eigenvalue weighted by molar-refractivity contribution is 7.89. The van der Waals surface area contributed by atoms with Gasteiger partial charge in [-0.2, -0.15) is 4.31 Å². The molecule has 0 amide bonds. The van der Waals surface area contributed by atoms with Crippen LogP contribution in [0.4, 0.5) is 15.8 Å². The summed E-state index contributed by atoms with van der Waals surface area (Å²) in [6, 6.07) is 14.8. The van der Waals surface area contributed by atoms with Crippen LogP contribution in [0.3, 0.4) is 0 Å². The Morgan fingerprint density at radius 1 is 1.05 bits per heavy atom. The Bertz CT molecular complexity index is 1580. The highest BCUT2D eigenvalue weighted by Crippen LogP contribution is 2.36. The van der Waals surface area contributed by atoms with Gasteiger partial charge in [-0.25, -0.2) is 12.8 Å². The zero-order valence-electron chi connectivity index (χ0n) is 20.7. The first kappa shape index (κ1) is 26.4. The molecular weight excluding hydrogens is 527 g/mol. The van der Waals surface area contributed by atoms with Crippen LogP contribution in [0, 0.1) is 19.2 Å². The maximum Gasteiger partial charge on any atom is 0.243 e. The monoisotopic (exact) mass is 552 g/mol. The molecule has 2 radical (unpaired) electrons. The number of likely N-dealkylation sites (N-methyl/N-ethyl adjacent to an activating group) is 1. The minimum Gasteiger partial charge on any atom is -0.504 e. The fraction of sp³-hybridized carbons (Fsp3) is 0.179. The highest BCUT2D eigenvalue weighted by atomic mass is 35.5. The number of aromatic hydroxyl groups is 1. The van der Waals surface area contributed by atoms with Crippen molar-refractivity contribution >= 4 is 43.9 Å². The highest BCUT2D eigenvalue weighted by Gasteiger charge is 2.27. The fourth-order valence-electron chi connectivity index (χ4n) is 4.45. The smallest absolute Gasteiger partial charge is 0.243 e. The van der Waals surface area contributed by atoms with Crippen LogP contribution in [0.25, 0.3) is 22.0 Å². The van der Waals surface area contributed by atoms with E-state index in [9.17, 15) is 17.9 Å². The average molecular weight is 553 g/mol. The van der Waals surface area contributed by atoms with E-state index in [4.69, 9.17) is 11.6 Å². The Labute approximate surface area is 226 Å². The van der Waals surface area contributed by atoms with Crippen LogP contribution in [0.5, 0.6) is 5.75 Å². The van der Waals surface area contributed by atoms with Gasteiger partial charge in [-0.3, -0.25) is 4.98 Å². The summed E-state index contributed by atoms with van der Waals surface area (Å²) in [7, 11) is -1.60. The molecule has 1 saturated heterocycles.